The van der Waals surface area contributed by atoms with Crippen molar-refractivity contribution in [1.82, 2.24) is 14.8 Å². The van der Waals surface area contributed by atoms with E-state index in [4.69, 9.17) is 0 Å². The normalized spacial score (nSPS) is 19.8. The van der Waals surface area contributed by atoms with Crippen LogP contribution in [0.15, 0.2) is 54.7 Å². The zero-order valence-electron chi connectivity index (χ0n) is 17.9. The fourth-order valence-corrected chi connectivity index (χ4v) is 4.38. The topological polar surface area (TPSA) is 68.8 Å². The number of hydrogen-bond acceptors (Lipinski definition) is 5. The van der Waals surface area contributed by atoms with Gasteiger partial charge in [0.15, 0.2) is 0 Å². The molecule has 2 aromatic rings. The van der Waals surface area contributed by atoms with Crippen LogP contribution in [0.5, 0.6) is 0 Å². The van der Waals surface area contributed by atoms with Crippen LogP contribution in [0.1, 0.15) is 19.3 Å². The van der Waals surface area contributed by atoms with Crippen LogP contribution in [0.3, 0.4) is 0 Å². The Bertz CT molecular complexity index is 853. The Hall–Kier alpha value is -2.93. The number of para-hydroxylation sites is 1. The van der Waals surface area contributed by atoms with Crippen LogP contribution in [0, 0.1) is 5.92 Å². The van der Waals surface area contributed by atoms with Gasteiger partial charge in [-0.1, -0.05) is 24.3 Å². The third-order valence-electron chi connectivity index (χ3n) is 6.17. The number of pyridine rings is 1. The summed E-state index contributed by atoms with van der Waals surface area (Å²) in [7, 11) is 0. The first kappa shape index (κ1) is 21.3. The summed E-state index contributed by atoms with van der Waals surface area (Å²) in [5.41, 5.74) is 0.838. The van der Waals surface area contributed by atoms with Crippen LogP contribution in [0.2, 0.25) is 0 Å². The largest absolute Gasteiger partial charge is 0.353 e. The van der Waals surface area contributed by atoms with Crippen LogP contribution in [-0.4, -0.2) is 72.4 Å². The molecule has 0 bridgehead atoms. The molecule has 2 fully saturated rings. The van der Waals surface area contributed by atoms with Crippen molar-refractivity contribution in [3.8, 4) is 0 Å². The molecule has 2 amide bonds. The Morgan fingerprint density at radius 2 is 1.74 bits per heavy atom. The van der Waals surface area contributed by atoms with Gasteiger partial charge in [-0.15, -0.1) is 0 Å². The smallest absolute Gasteiger partial charge is 0.228 e. The van der Waals surface area contributed by atoms with E-state index in [-0.39, 0.29) is 17.7 Å². The molecule has 1 aromatic carbocycles. The molecule has 1 unspecified atom stereocenters. The first-order valence-electron chi connectivity index (χ1n) is 11.2. The molecule has 1 N–H and O–H groups in total. The van der Waals surface area contributed by atoms with Gasteiger partial charge in [-0.05, 0) is 43.7 Å². The molecular formula is C24H31N5O2. The number of carbonyl (C=O) groups is 2. The molecule has 3 heterocycles. The number of likely N-dealkylation sites (tertiary alicyclic amines) is 1. The number of nitrogens with one attached hydrogen (secondary N) is 1. The van der Waals surface area contributed by atoms with Crippen molar-refractivity contribution in [2.75, 3.05) is 56.0 Å². The molecule has 1 aromatic heterocycles. The van der Waals surface area contributed by atoms with Crippen LogP contribution in [0.4, 0.5) is 11.5 Å². The Labute approximate surface area is 184 Å². The summed E-state index contributed by atoms with van der Waals surface area (Å²) in [4.78, 5) is 36.2. The molecule has 2 saturated heterocycles. The number of hydrogen-bond donors (Lipinski definition) is 1. The molecule has 164 valence electrons. The van der Waals surface area contributed by atoms with E-state index in [0.29, 0.717) is 13.0 Å². The second-order valence-electron chi connectivity index (χ2n) is 8.30. The minimum atomic E-state index is -0.0222. The van der Waals surface area contributed by atoms with Gasteiger partial charge in [0.2, 0.25) is 11.8 Å². The number of carbonyl (C=O) groups excluding carboxylic acids is 2. The molecule has 7 heteroatoms. The first-order valence-corrected chi connectivity index (χ1v) is 11.2. The predicted molar refractivity (Wildman–Crippen MR) is 122 cm³/mol. The van der Waals surface area contributed by atoms with Crippen molar-refractivity contribution in [3.63, 3.8) is 0 Å². The first-order chi connectivity index (χ1) is 15.2. The minimum Gasteiger partial charge on any atom is -0.353 e. The Morgan fingerprint density at radius 1 is 0.968 bits per heavy atom. The minimum absolute atomic E-state index is 0.0222. The second-order valence-corrected chi connectivity index (χ2v) is 8.30. The van der Waals surface area contributed by atoms with Gasteiger partial charge in [-0.2, -0.15) is 0 Å². The van der Waals surface area contributed by atoms with Gasteiger partial charge in [0, 0.05) is 57.6 Å². The lowest BCUT2D eigenvalue weighted by Crippen LogP contribution is -2.50. The molecule has 1 atom stereocenters. The molecule has 0 saturated carbocycles. The van der Waals surface area contributed by atoms with E-state index in [9.17, 15) is 9.59 Å². The van der Waals surface area contributed by atoms with Crippen molar-refractivity contribution < 1.29 is 9.59 Å². The van der Waals surface area contributed by atoms with Crippen LogP contribution >= 0.6 is 0 Å². The van der Waals surface area contributed by atoms with Gasteiger partial charge in [-0.3, -0.25) is 9.59 Å². The highest BCUT2D eigenvalue weighted by atomic mass is 16.2. The van der Waals surface area contributed by atoms with Gasteiger partial charge >= 0.3 is 0 Å². The molecule has 0 aliphatic carbocycles. The monoisotopic (exact) mass is 421 g/mol. The summed E-state index contributed by atoms with van der Waals surface area (Å²) in [6.45, 7) is 5.49. The standard InChI is InChI=1S/C24H31N5O2/c30-23(29-17-15-28(16-18-29)22-10-4-5-12-25-22)11-14-27-13-6-7-20(19-27)24(31)26-21-8-2-1-3-9-21/h1-5,8-10,12,20H,6-7,11,13-19H2,(H,26,31). The lowest BCUT2D eigenvalue weighted by Gasteiger charge is -2.36. The molecular weight excluding hydrogens is 390 g/mol. The fraction of sp³-hybridized carbons (Fsp3) is 0.458. The maximum atomic E-state index is 12.7. The molecule has 4 rings (SSSR count). The molecule has 31 heavy (non-hydrogen) atoms. The van der Waals surface area contributed by atoms with Crippen LogP contribution in [0.25, 0.3) is 0 Å². The van der Waals surface area contributed by atoms with Crippen LogP contribution in [-0.2, 0) is 9.59 Å². The summed E-state index contributed by atoms with van der Waals surface area (Å²) in [5, 5.41) is 3.02. The molecule has 7 nitrogen and oxygen atoms in total. The van der Waals surface area contributed by atoms with Gasteiger partial charge in [0.1, 0.15) is 5.82 Å². The van der Waals surface area contributed by atoms with E-state index >= 15 is 0 Å². The molecule has 2 aliphatic heterocycles. The van der Waals surface area contributed by atoms with Crippen molar-refractivity contribution in [2.45, 2.75) is 19.3 Å². The van der Waals surface area contributed by atoms with Crippen molar-refractivity contribution in [3.05, 3.63) is 54.7 Å². The number of benzene rings is 1. The summed E-state index contributed by atoms with van der Waals surface area (Å²) < 4.78 is 0. The maximum Gasteiger partial charge on any atom is 0.228 e. The molecule has 0 spiro atoms. The highest BCUT2D eigenvalue weighted by Crippen LogP contribution is 2.19. The van der Waals surface area contributed by atoms with E-state index in [1.165, 1.54) is 0 Å². The predicted octanol–water partition coefficient (Wildman–Crippen LogP) is 2.47. The van der Waals surface area contributed by atoms with E-state index in [1.807, 2.05) is 53.4 Å². The van der Waals surface area contributed by atoms with Crippen LogP contribution < -0.4 is 10.2 Å². The number of aromatic nitrogens is 1. The van der Waals surface area contributed by atoms with E-state index in [0.717, 1.165) is 63.6 Å². The zero-order valence-corrected chi connectivity index (χ0v) is 17.9. The lowest BCUT2D eigenvalue weighted by molar-refractivity contribution is -0.131. The number of rotatable bonds is 6. The maximum absolute atomic E-state index is 12.7. The lowest BCUT2D eigenvalue weighted by atomic mass is 9.97. The average Bonchev–Trinajstić information content (AvgIpc) is 2.84. The van der Waals surface area contributed by atoms with E-state index in [1.54, 1.807) is 6.20 Å². The third-order valence-corrected chi connectivity index (χ3v) is 6.17. The number of piperazine rings is 1. The number of amides is 2. The third kappa shape index (κ3) is 5.82. The van der Waals surface area contributed by atoms with Crippen molar-refractivity contribution in [2.24, 2.45) is 5.92 Å². The number of anilines is 2. The zero-order chi connectivity index (χ0) is 21.5. The number of nitrogens with zero attached hydrogens (tertiary/aromatic N) is 4. The summed E-state index contributed by atoms with van der Waals surface area (Å²) in [5.74, 6) is 1.23. The number of piperidine rings is 1. The molecule has 2 aliphatic rings. The highest BCUT2D eigenvalue weighted by Gasteiger charge is 2.27. The Morgan fingerprint density at radius 3 is 2.48 bits per heavy atom. The highest BCUT2D eigenvalue weighted by molar-refractivity contribution is 5.92. The summed E-state index contributed by atoms with van der Waals surface area (Å²) >= 11 is 0. The van der Waals surface area contributed by atoms with Gasteiger partial charge in [-0.25, -0.2) is 4.98 Å². The van der Waals surface area contributed by atoms with Crippen molar-refractivity contribution >= 4 is 23.3 Å². The average molecular weight is 422 g/mol. The van der Waals surface area contributed by atoms with Gasteiger partial charge in [0.05, 0.1) is 5.92 Å². The summed E-state index contributed by atoms with van der Waals surface area (Å²) in [6, 6.07) is 15.5. The van der Waals surface area contributed by atoms with Gasteiger partial charge < -0.3 is 20.0 Å². The van der Waals surface area contributed by atoms with Crippen molar-refractivity contribution in [1.29, 1.82) is 0 Å². The molecule has 0 radical (unpaired) electrons. The summed E-state index contributed by atoms with van der Waals surface area (Å²) in [6.07, 6.45) is 4.21. The quantitative estimate of drug-likeness (QED) is 0.776. The Kier molecular flexibility index (Phi) is 7.14. The van der Waals surface area contributed by atoms with Gasteiger partial charge in [0.25, 0.3) is 0 Å². The SMILES string of the molecule is O=C(Nc1ccccc1)C1CCCN(CCC(=O)N2CCN(c3ccccn3)CC2)C1. The van der Waals surface area contributed by atoms with E-state index in [2.05, 4.69) is 20.1 Å². The Balaban J connectivity index is 1.20. The second kappa shape index (κ2) is 10.4. The fourth-order valence-electron chi connectivity index (χ4n) is 4.38. The van der Waals surface area contributed by atoms with E-state index < -0.39 is 0 Å².